The third-order valence-electron chi connectivity index (χ3n) is 2.72. The molecule has 0 spiro atoms. The fourth-order valence-electron chi connectivity index (χ4n) is 1.62. The van der Waals surface area contributed by atoms with Gasteiger partial charge < -0.3 is 5.32 Å². The molecule has 0 saturated carbocycles. The summed E-state index contributed by atoms with van der Waals surface area (Å²) in [5.41, 5.74) is 0.954. The van der Waals surface area contributed by atoms with Gasteiger partial charge in [0.1, 0.15) is 6.07 Å². The van der Waals surface area contributed by atoms with E-state index in [0.29, 0.717) is 15.2 Å². The molecule has 2 aromatic carbocycles. The van der Waals surface area contributed by atoms with Crippen molar-refractivity contribution in [3.8, 4) is 6.07 Å². The van der Waals surface area contributed by atoms with Crippen molar-refractivity contribution >= 4 is 38.9 Å². The summed E-state index contributed by atoms with van der Waals surface area (Å²) in [6.45, 7) is 1.83. The molecule has 0 aromatic heterocycles. The zero-order chi connectivity index (χ0) is 14.9. The quantitative estimate of drug-likeness (QED) is 0.791. The van der Waals surface area contributed by atoms with Gasteiger partial charge in [-0.25, -0.2) is 8.78 Å². The normalized spacial score (nSPS) is 10.2. The Labute approximate surface area is 128 Å². The molecule has 0 atom stereocenters. The Morgan fingerprint density at radius 1 is 1.20 bits per heavy atom. The summed E-state index contributed by atoms with van der Waals surface area (Å²) < 4.78 is 28.0. The average Bonchev–Trinajstić information content (AvgIpc) is 2.41. The van der Waals surface area contributed by atoms with Gasteiger partial charge in [-0.2, -0.15) is 5.26 Å². The van der Waals surface area contributed by atoms with Crippen LogP contribution in [0.5, 0.6) is 0 Å². The molecule has 2 aromatic rings. The first-order valence-corrected chi connectivity index (χ1v) is 6.72. The third kappa shape index (κ3) is 2.77. The first-order valence-electron chi connectivity index (χ1n) is 5.54. The van der Waals surface area contributed by atoms with Crippen molar-refractivity contribution in [3.63, 3.8) is 0 Å². The number of aryl methyl sites for hydroxylation is 1. The molecule has 2 rings (SSSR count). The van der Waals surface area contributed by atoms with Crippen molar-refractivity contribution in [1.82, 2.24) is 0 Å². The lowest BCUT2D eigenvalue weighted by molar-refractivity contribution is 0.509. The van der Waals surface area contributed by atoms with E-state index in [1.807, 2.05) is 6.92 Å². The zero-order valence-electron chi connectivity index (χ0n) is 10.3. The molecule has 0 aliphatic carbocycles. The molecular weight excluding hydrogens is 350 g/mol. The number of anilines is 2. The first-order chi connectivity index (χ1) is 9.43. The van der Waals surface area contributed by atoms with E-state index < -0.39 is 11.6 Å². The minimum atomic E-state index is -1.17. The van der Waals surface area contributed by atoms with Crippen LogP contribution in [0.4, 0.5) is 20.2 Å². The summed E-state index contributed by atoms with van der Waals surface area (Å²) in [5, 5.41) is 11.9. The second-order valence-corrected chi connectivity index (χ2v) is 5.37. The van der Waals surface area contributed by atoms with Crippen LogP contribution in [0.15, 0.2) is 28.7 Å². The maximum absolute atomic E-state index is 13.8. The van der Waals surface area contributed by atoms with E-state index in [-0.39, 0.29) is 11.3 Å². The Hall–Kier alpha value is -1.64. The van der Waals surface area contributed by atoms with Gasteiger partial charge in [-0.05, 0) is 52.7 Å². The van der Waals surface area contributed by atoms with Crippen LogP contribution in [-0.4, -0.2) is 0 Å². The molecule has 6 heteroatoms. The Morgan fingerprint density at radius 2 is 1.90 bits per heavy atom. The molecule has 1 N–H and O–H groups in total. The summed E-state index contributed by atoms with van der Waals surface area (Å²) in [6, 6.07) is 7.47. The molecule has 0 unspecified atom stereocenters. The highest BCUT2D eigenvalue weighted by molar-refractivity contribution is 9.10. The lowest BCUT2D eigenvalue weighted by atomic mass is 10.1. The Kier molecular flexibility index (Phi) is 4.26. The molecule has 0 heterocycles. The van der Waals surface area contributed by atoms with E-state index in [1.165, 1.54) is 12.1 Å². The van der Waals surface area contributed by atoms with Crippen LogP contribution in [0.3, 0.4) is 0 Å². The van der Waals surface area contributed by atoms with Gasteiger partial charge in [0.05, 0.1) is 16.9 Å². The lowest BCUT2D eigenvalue weighted by Crippen LogP contribution is -1.99. The number of hydrogen-bond acceptors (Lipinski definition) is 2. The van der Waals surface area contributed by atoms with Crippen molar-refractivity contribution in [2.24, 2.45) is 0 Å². The van der Waals surface area contributed by atoms with Gasteiger partial charge in [-0.15, -0.1) is 0 Å². The minimum absolute atomic E-state index is 0.0675. The highest BCUT2D eigenvalue weighted by Crippen LogP contribution is 2.32. The van der Waals surface area contributed by atoms with Crippen LogP contribution in [-0.2, 0) is 0 Å². The van der Waals surface area contributed by atoms with Crippen molar-refractivity contribution in [2.45, 2.75) is 6.92 Å². The fraction of sp³-hybridized carbons (Fsp3) is 0.0714. The van der Waals surface area contributed by atoms with Crippen LogP contribution in [0.2, 0.25) is 5.02 Å². The Morgan fingerprint density at radius 3 is 2.55 bits per heavy atom. The van der Waals surface area contributed by atoms with E-state index in [9.17, 15) is 8.78 Å². The van der Waals surface area contributed by atoms with Crippen LogP contribution in [0.25, 0.3) is 0 Å². The van der Waals surface area contributed by atoms with Gasteiger partial charge in [0.25, 0.3) is 0 Å². The van der Waals surface area contributed by atoms with E-state index in [2.05, 4.69) is 21.2 Å². The van der Waals surface area contributed by atoms with Crippen LogP contribution in [0, 0.1) is 29.9 Å². The van der Waals surface area contributed by atoms with E-state index in [4.69, 9.17) is 16.9 Å². The molecule has 0 radical (unpaired) electrons. The van der Waals surface area contributed by atoms with E-state index in [0.717, 1.165) is 5.56 Å². The van der Waals surface area contributed by atoms with Crippen molar-refractivity contribution in [2.75, 3.05) is 5.32 Å². The molecule has 2 nitrogen and oxygen atoms in total. The third-order valence-corrected chi connectivity index (χ3v) is 3.78. The summed E-state index contributed by atoms with van der Waals surface area (Å²) in [6.07, 6.45) is 0. The number of halogens is 4. The largest absolute Gasteiger partial charge is 0.352 e. The molecule has 0 amide bonds. The molecule has 102 valence electrons. The van der Waals surface area contributed by atoms with Gasteiger partial charge in [0.2, 0.25) is 0 Å². The molecule has 0 aliphatic rings. The van der Waals surface area contributed by atoms with Crippen molar-refractivity contribution in [3.05, 3.63) is 56.5 Å². The standard InChI is InChI=1S/C14H8BrClF2N2/c1-7-4-9(15)12(5-10(7)16)20-11-3-2-8(6-19)13(17)14(11)18/h2-5,20H,1H3. The number of nitrogens with one attached hydrogen (secondary N) is 1. The molecule has 0 saturated heterocycles. The van der Waals surface area contributed by atoms with Crippen LogP contribution in [0.1, 0.15) is 11.1 Å². The smallest absolute Gasteiger partial charge is 0.183 e. The molecule has 0 fully saturated rings. The van der Waals surface area contributed by atoms with Crippen LogP contribution >= 0.6 is 27.5 Å². The highest BCUT2D eigenvalue weighted by atomic mass is 79.9. The number of benzene rings is 2. The van der Waals surface area contributed by atoms with Crippen molar-refractivity contribution in [1.29, 1.82) is 5.26 Å². The predicted octanol–water partition coefficient (Wildman–Crippen LogP) is 5.30. The first kappa shape index (κ1) is 14.8. The highest BCUT2D eigenvalue weighted by Gasteiger charge is 2.14. The van der Waals surface area contributed by atoms with Crippen molar-refractivity contribution < 1.29 is 8.78 Å². The summed E-state index contributed by atoms with van der Waals surface area (Å²) in [7, 11) is 0. The van der Waals surface area contributed by atoms with E-state index in [1.54, 1.807) is 18.2 Å². The summed E-state index contributed by atoms with van der Waals surface area (Å²) in [5.74, 6) is -2.28. The average molecular weight is 358 g/mol. The van der Waals surface area contributed by atoms with Gasteiger partial charge in [-0.1, -0.05) is 11.6 Å². The monoisotopic (exact) mass is 356 g/mol. The SMILES string of the molecule is Cc1cc(Br)c(Nc2ccc(C#N)c(F)c2F)cc1Cl. The molecule has 20 heavy (non-hydrogen) atoms. The molecular formula is C14H8BrClF2N2. The fourth-order valence-corrected chi connectivity index (χ4v) is 2.34. The summed E-state index contributed by atoms with van der Waals surface area (Å²) in [4.78, 5) is 0. The molecule has 0 bridgehead atoms. The van der Waals surface area contributed by atoms with Crippen LogP contribution < -0.4 is 5.32 Å². The number of hydrogen-bond donors (Lipinski definition) is 1. The predicted molar refractivity (Wildman–Crippen MR) is 78.2 cm³/mol. The number of nitriles is 1. The van der Waals surface area contributed by atoms with Gasteiger partial charge in [0.15, 0.2) is 11.6 Å². The second kappa shape index (κ2) is 5.78. The topological polar surface area (TPSA) is 35.8 Å². The van der Waals surface area contributed by atoms with Gasteiger partial charge >= 0.3 is 0 Å². The number of rotatable bonds is 2. The zero-order valence-corrected chi connectivity index (χ0v) is 12.6. The maximum Gasteiger partial charge on any atom is 0.183 e. The van der Waals surface area contributed by atoms with E-state index >= 15 is 0 Å². The maximum atomic E-state index is 13.8. The number of nitrogens with zero attached hydrogens (tertiary/aromatic N) is 1. The Balaban J connectivity index is 2.44. The lowest BCUT2D eigenvalue weighted by Gasteiger charge is -2.12. The van der Waals surface area contributed by atoms with Gasteiger partial charge in [-0.3, -0.25) is 0 Å². The minimum Gasteiger partial charge on any atom is -0.352 e. The molecule has 0 aliphatic heterocycles. The second-order valence-electron chi connectivity index (χ2n) is 4.11. The summed E-state index contributed by atoms with van der Waals surface area (Å²) >= 11 is 9.32. The van der Waals surface area contributed by atoms with Gasteiger partial charge in [0, 0.05) is 9.50 Å². The Bertz CT molecular complexity index is 726.